The first-order valence-electron chi connectivity index (χ1n) is 6.82. The number of ether oxygens (including phenoxy) is 1. The Balaban J connectivity index is 0.00000200. The van der Waals surface area contributed by atoms with Crippen LogP contribution in [0.5, 0.6) is 0 Å². The van der Waals surface area contributed by atoms with E-state index in [2.05, 4.69) is 17.5 Å². The third-order valence-electron chi connectivity index (χ3n) is 3.80. The molecule has 0 saturated carbocycles. The maximum atomic E-state index is 12.6. The Morgan fingerprint density at radius 1 is 1.40 bits per heavy atom. The fourth-order valence-corrected chi connectivity index (χ4v) is 2.87. The van der Waals surface area contributed by atoms with Gasteiger partial charge in [0.25, 0.3) is 0 Å². The molecule has 0 fully saturated rings. The molecule has 110 valence electrons. The van der Waals surface area contributed by atoms with Gasteiger partial charge in [0.2, 0.25) is 0 Å². The highest BCUT2D eigenvalue weighted by Gasteiger charge is 2.47. The summed E-state index contributed by atoms with van der Waals surface area (Å²) in [7, 11) is 1.89. The zero-order valence-electron chi connectivity index (χ0n) is 12.0. The van der Waals surface area contributed by atoms with E-state index in [1.807, 2.05) is 44.3 Å². The molecule has 2 atom stereocenters. The third-order valence-corrected chi connectivity index (χ3v) is 3.80. The van der Waals surface area contributed by atoms with E-state index in [-0.39, 0.29) is 24.4 Å². The molecule has 0 aliphatic heterocycles. The number of nitrogens with one attached hydrogen (secondary N) is 1. The Hall–Kier alpha value is -1.32. The average Bonchev–Trinajstić information content (AvgIpc) is 2.48. The summed E-state index contributed by atoms with van der Waals surface area (Å²) in [4.78, 5) is 12.6. The van der Waals surface area contributed by atoms with Gasteiger partial charge in [0, 0.05) is 6.04 Å². The summed E-state index contributed by atoms with van der Waals surface area (Å²) in [6, 6.07) is 9.92. The maximum Gasteiger partial charge on any atom is 0.318 e. The van der Waals surface area contributed by atoms with Crippen LogP contribution in [0.4, 0.5) is 0 Å². The number of halogens is 1. The van der Waals surface area contributed by atoms with E-state index in [1.54, 1.807) is 0 Å². The van der Waals surface area contributed by atoms with Gasteiger partial charge in [0.05, 0.1) is 6.61 Å². The highest BCUT2D eigenvalue weighted by Crippen LogP contribution is 2.38. The predicted molar refractivity (Wildman–Crippen MR) is 83.2 cm³/mol. The highest BCUT2D eigenvalue weighted by atomic mass is 35.5. The number of likely N-dealkylation sites (N-methyl/N-ethyl adjacent to an activating group) is 1. The van der Waals surface area contributed by atoms with E-state index in [0.717, 1.165) is 18.4 Å². The fourth-order valence-electron chi connectivity index (χ4n) is 2.87. The molecule has 0 saturated heterocycles. The summed E-state index contributed by atoms with van der Waals surface area (Å²) in [6.07, 6.45) is 5.87. The van der Waals surface area contributed by atoms with Crippen LogP contribution in [0.15, 0.2) is 42.5 Å². The lowest BCUT2D eigenvalue weighted by Gasteiger charge is -2.39. The van der Waals surface area contributed by atoms with Crippen molar-refractivity contribution in [2.45, 2.75) is 31.2 Å². The van der Waals surface area contributed by atoms with Crippen LogP contribution < -0.4 is 5.32 Å². The quantitative estimate of drug-likeness (QED) is 0.686. The van der Waals surface area contributed by atoms with E-state index in [4.69, 9.17) is 4.74 Å². The van der Waals surface area contributed by atoms with Crippen molar-refractivity contribution in [2.75, 3.05) is 13.7 Å². The molecule has 20 heavy (non-hydrogen) atoms. The highest BCUT2D eigenvalue weighted by molar-refractivity contribution is 5.85. The first-order valence-corrected chi connectivity index (χ1v) is 6.82. The fraction of sp³-hybridized carbons (Fsp3) is 0.438. The number of hydrogen-bond donors (Lipinski definition) is 1. The van der Waals surface area contributed by atoms with E-state index in [0.29, 0.717) is 6.61 Å². The van der Waals surface area contributed by atoms with Gasteiger partial charge in [-0.3, -0.25) is 4.79 Å². The summed E-state index contributed by atoms with van der Waals surface area (Å²) in [5, 5.41) is 3.24. The van der Waals surface area contributed by atoms with Crippen molar-refractivity contribution in [2.24, 2.45) is 0 Å². The van der Waals surface area contributed by atoms with Gasteiger partial charge in [0.15, 0.2) is 0 Å². The largest absolute Gasteiger partial charge is 0.465 e. The molecule has 0 heterocycles. The van der Waals surface area contributed by atoms with Gasteiger partial charge in [-0.15, -0.1) is 12.4 Å². The Labute approximate surface area is 126 Å². The van der Waals surface area contributed by atoms with Crippen LogP contribution in [0, 0.1) is 0 Å². The van der Waals surface area contributed by atoms with Crippen LogP contribution in [-0.4, -0.2) is 25.7 Å². The second kappa shape index (κ2) is 7.46. The molecule has 1 aliphatic rings. The van der Waals surface area contributed by atoms with Crippen LogP contribution in [0.3, 0.4) is 0 Å². The Kier molecular flexibility index (Phi) is 6.24. The minimum absolute atomic E-state index is 0. The standard InChI is InChI=1S/C16H21NO2.ClH/c1-3-19-15(18)16(13-9-5-4-6-10-13)12-8-7-11-14(16)17-2;/h4-7,9-11,14,17H,3,8,12H2,1-2H3;1H/t14-,16+;/m0./s1. The van der Waals surface area contributed by atoms with Crippen molar-refractivity contribution < 1.29 is 9.53 Å². The van der Waals surface area contributed by atoms with Crippen LogP contribution >= 0.6 is 12.4 Å². The van der Waals surface area contributed by atoms with Gasteiger partial charge < -0.3 is 10.1 Å². The molecule has 0 aromatic heterocycles. The van der Waals surface area contributed by atoms with Crippen molar-refractivity contribution in [1.82, 2.24) is 5.32 Å². The molecule has 0 unspecified atom stereocenters. The molecule has 1 aliphatic carbocycles. The zero-order valence-corrected chi connectivity index (χ0v) is 12.8. The van der Waals surface area contributed by atoms with E-state index in [1.165, 1.54) is 0 Å². The summed E-state index contributed by atoms with van der Waals surface area (Å²) in [5.41, 5.74) is 0.415. The number of carbonyl (C=O) groups is 1. The van der Waals surface area contributed by atoms with Crippen molar-refractivity contribution in [1.29, 1.82) is 0 Å². The van der Waals surface area contributed by atoms with Crippen molar-refractivity contribution in [3.63, 3.8) is 0 Å². The molecule has 0 spiro atoms. The van der Waals surface area contributed by atoms with Crippen molar-refractivity contribution >= 4 is 18.4 Å². The third kappa shape index (κ3) is 2.89. The zero-order chi connectivity index (χ0) is 13.7. The average molecular weight is 296 g/mol. The van der Waals surface area contributed by atoms with Gasteiger partial charge in [-0.05, 0) is 32.4 Å². The number of esters is 1. The van der Waals surface area contributed by atoms with Gasteiger partial charge in [-0.2, -0.15) is 0 Å². The number of hydrogen-bond acceptors (Lipinski definition) is 3. The van der Waals surface area contributed by atoms with E-state index in [9.17, 15) is 4.79 Å². The molecule has 0 radical (unpaired) electrons. The van der Waals surface area contributed by atoms with Gasteiger partial charge in [-0.1, -0.05) is 42.5 Å². The van der Waals surface area contributed by atoms with E-state index < -0.39 is 5.41 Å². The SMILES string of the molecule is CCOC(=O)[C@@]1(c2ccccc2)CCC=C[C@@H]1NC.Cl. The summed E-state index contributed by atoms with van der Waals surface area (Å²) < 4.78 is 5.36. The second-order valence-electron chi connectivity index (χ2n) is 4.79. The molecular weight excluding hydrogens is 274 g/mol. The molecule has 0 amide bonds. The van der Waals surface area contributed by atoms with Gasteiger partial charge >= 0.3 is 5.97 Å². The number of benzene rings is 1. The van der Waals surface area contributed by atoms with Crippen LogP contribution in [-0.2, 0) is 14.9 Å². The summed E-state index contributed by atoms with van der Waals surface area (Å²) in [5.74, 6) is -0.134. The molecule has 1 aromatic rings. The molecule has 1 N–H and O–H groups in total. The summed E-state index contributed by atoms with van der Waals surface area (Å²) in [6.45, 7) is 2.26. The Morgan fingerprint density at radius 2 is 2.10 bits per heavy atom. The Bertz CT molecular complexity index is 461. The predicted octanol–water partition coefficient (Wildman–Crippen LogP) is 2.85. The first kappa shape index (κ1) is 16.7. The van der Waals surface area contributed by atoms with Gasteiger partial charge in [-0.25, -0.2) is 0 Å². The molecule has 2 rings (SSSR count). The molecule has 0 bridgehead atoms. The second-order valence-corrected chi connectivity index (χ2v) is 4.79. The lowest BCUT2D eigenvalue weighted by molar-refractivity contribution is -0.151. The van der Waals surface area contributed by atoms with Crippen LogP contribution in [0.2, 0.25) is 0 Å². The minimum Gasteiger partial charge on any atom is -0.465 e. The molecular formula is C16H22ClNO2. The summed E-state index contributed by atoms with van der Waals surface area (Å²) >= 11 is 0. The van der Waals surface area contributed by atoms with Crippen molar-refractivity contribution in [3.8, 4) is 0 Å². The molecule has 1 aromatic carbocycles. The molecule has 3 nitrogen and oxygen atoms in total. The number of rotatable bonds is 4. The lowest BCUT2D eigenvalue weighted by atomic mass is 9.68. The lowest BCUT2D eigenvalue weighted by Crippen LogP contribution is -2.53. The topological polar surface area (TPSA) is 38.3 Å². The van der Waals surface area contributed by atoms with Gasteiger partial charge in [0.1, 0.15) is 5.41 Å². The monoisotopic (exact) mass is 295 g/mol. The Morgan fingerprint density at radius 3 is 2.70 bits per heavy atom. The van der Waals surface area contributed by atoms with Crippen LogP contribution in [0.25, 0.3) is 0 Å². The normalized spacial score (nSPS) is 24.8. The first-order chi connectivity index (χ1) is 9.25. The maximum absolute atomic E-state index is 12.6. The van der Waals surface area contributed by atoms with Crippen molar-refractivity contribution in [3.05, 3.63) is 48.0 Å². The number of carbonyl (C=O) groups excluding carboxylic acids is 1. The molecule has 4 heteroatoms. The minimum atomic E-state index is -0.610. The van der Waals surface area contributed by atoms with E-state index >= 15 is 0 Å². The number of allylic oxidation sites excluding steroid dienone is 1. The smallest absolute Gasteiger partial charge is 0.318 e. The van der Waals surface area contributed by atoms with Crippen LogP contribution in [0.1, 0.15) is 25.3 Å².